The number of carbonyl (C=O) groups is 1. The van der Waals surface area contributed by atoms with Crippen molar-refractivity contribution in [3.05, 3.63) is 42.2 Å². The first kappa shape index (κ1) is 16.2. The molecule has 0 aromatic carbocycles. The van der Waals surface area contributed by atoms with E-state index in [0.717, 1.165) is 18.5 Å². The highest BCUT2D eigenvalue weighted by Crippen LogP contribution is 2.33. The van der Waals surface area contributed by atoms with Crippen LogP contribution in [0.3, 0.4) is 0 Å². The first-order valence-electron chi connectivity index (χ1n) is 8.52. The molecule has 1 aliphatic heterocycles. The Hall–Kier alpha value is -2.32. The van der Waals surface area contributed by atoms with Gasteiger partial charge in [-0.2, -0.15) is 0 Å². The molecule has 1 saturated heterocycles. The summed E-state index contributed by atoms with van der Waals surface area (Å²) in [5.41, 5.74) is 0.896. The maximum atomic E-state index is 12.7. The maximum Gasteiger partial charge on any atom is 0.293 e. The Morgan fingerprint density at radius 3 is 3.04 bits per heavy atom. The lowest BCUT2D eigenvalue weighted by Gasteiger charge is -2.38. The predicted octanol–water partition coefficient (Wildman–Crippen LogP) is 0.799. The minimum Gasteiger partial charge on any atom is -0.372 e. The van der Waals surface area contributed by atoms with E-state index in [0.29, 0.717) is 19.8 Å². The highest BCUT2D eigenvalue weighted by molar-refractivity contribution is 5.90. The summed E-state index contributed by atoms with van der Waals surface area (Å²) >= 11 is 0. The molecule has 2 aliphatic rings. The number of aromatic nitrogens is 4. The van der Waals surface area contributed by atoms with Gasteiger partial charge < -0.3 is 14.4 Å². The monoisotopic (exact) mass is 343 g/mol. The highest BCUT2D eigenvalue weighted by Gasteiger charge is 2.45. The van der Waals surface area contributed by atoms with Gasteiger partial charge >= 0.3 is 0 Å². The van der Waals surface area contributed by atoms with Crippen molar-refractivity contribution < 1.29 is 14.3 Å². The molecule has 2 fully saturated rings. The number of hydrogen-bond acceptors (Lipinski definition) is 6. The van der Waals surface area contributed by atoms with Gasteiger partial charge in [0.15, 0.2) is 0 Å². The Morgan fingerprint density at radius 2 is 2.28 bits per heavy atom. The van der Waals surface area contributed by atoms with Crippen molar-refractivity contribution in [1.82, 2.24) is 24.6 Å². The summed E-state index contributed by atoms with van der Waals surface area (Å²) in [4.78, 5) is 22.9. The summed E-state index contributed by atoms with van der Waals surface area (Å²) in [6, 6.07) is 5.78. The van der Waals surface area contributed by atoms with E-state index in [1.807, 2.05) is 23.1 Å². The third-order valence-electron chi connectivity index (χ3n) is 4.76. The van der Waals surface area contributed by atoms with E-state index in [2.05, 4.69) is 15.1 Å². The minimum atomic E-state index is -0.135. The van der Waals surface area contributed by atoms with Crippen LogP contribution in [0.1, 0.15) is 29.2 Å². The van der Waals surface area contributed by atoms with E-state index >= 15 is 0 Å². The first-order chi connectivity index (χ1) is 12.2. The largest absolute Gasteiger partial charge is 0.372 e. The molecule has 8 heteroatoms. The van der Waals surface area contributed by atoms with Gasteiger partial charge in [-0.05, 0) is 25.0 Å². The molecular weight excluding hydrogens is 322 g/mol. The molecule has 0 unspecified atom stereocenters. The van der Waals surface area contributed by atoms with Crippen LogP contribution >= 0.6 is 0 Å². The number of hydrogen-bond donors (Lipinski definition) is 0. The number of pyridine rings is 1. The van der Waals surface area contributed by atoms with Crippen LogP contribution < -0.4 is 0 Å². The van der Waals surface area contributed by atoms with Crippen molar-refractivity contribution in [3.63, 3.8) is 0 Å². The third kappa shape index (κ3) is 3.27. The van der Waals surface area contributed by atoms with E-state index in [9.17, 15) is 4.79 Å². The summed E-state index contributed by atoms with van der Waals surface area (Å²) in [6.07, 6.45) is 4.88. The molecule has 25 heavy (non-hydrogen) atoms. The number of carbonyl (C=O) groups excluding carboxylic acids is 1. The lowest BCUT2D eigenvalue weighted by molar-refractivity contribution is -0.109. The number of aryl methyl sites for hydroxylation is 1. The Labute approximate surface area is 145 Å². The Morgan fingerprint density at radius 1 is 1.36 bits per heavy atom. The molecule has 3 atom stereocenters. The van der Waals surface area contributed by atoms with Crippen LogP contribution in [0.15, 0.2) is 30.7 Å². The summed E-state index contributed by atoms with van der Waals surface area (Å²) in [7, 11) is 1.75. The molecule has 0 spiro atoms. The molecule has 2 aromatic heterocycles. The SMILES string of the molecule is Cn1cnc(C(=O)N2CCO[C@H]3[C@@H](OCc4ccccn4)CC[C@@H]32)n1. The second-order valence-corrected chi connectivity index (χ2v) is 6.39. The van der Waals surface area contributed by atoms with Crippen LogP contribution in [0.2, 0.25) is 0 Å². The van der Waals surface area contributed by atoms with Crippen LogP contribution in [0.5, 0.6) is 0 Å². The van der Waals surface area contributed by atoms with Crippen LogP contribution in [0.4, 0.5) is 0 Å². The quantitative estimate of drug-likeness (QED) is 0.817. The fraction of sp³-hybridized carbons (Fsp3) is 0.529. The van der Waals surface area contributed by atoms with Crippen molar-refractivity contribution in [3.8, 4) is 0 Å². The second kappa shape index (κ2) is 6.89. The molecule has 1 saturated carbocycles. The molecule has 1 amide bonds. The van der Waals surface area contributed by atoms with Crippen molar-refractivity contribution in [2.45, 2.75) is 37.7 Å². The van der Waals surface area contributed by atoms with E-state index in [4.69, 9.17) is 9.47 Å². The van der Waals surface area contributed by atoms with Gasteiger partial charge in [0.2, 0.25) is 5.82 Å². The number of ether oxygens (including phenoxy) is 2. The van der Waals surface area contributed by atoms with Gasteiger partial charge in [-0.3, -0.25) is 14.5 Å². The van der Waals surface area contributed by atoms with Crippen LogP contribution in [-0.2, 0) is 23.1 Å². The fourth-order valence-corrected chi connectivity index (χ4v) is 3.59. The van der Waals surface area contributed by atoms with Crippen molar-refractivity contribution in [1.29, 1.82) is 0 Å². The Balaban J connectivity index is 1.42. The van der Waals surface area contributed by atoms with Crippen LogP contribution in [0.25, 0.3) is 0 Å². The van der Waals surface area contributed by atoms with E-state index in [1.165, 1.54) is 0 Å². The first-order valence-corrected chi connectivity index (χ1v) is 8.52. The summed E-state index contributed by atoms with van der Waals surface area (Å²) in [5, 5.41) is 4.13. The lowest BCUT2D eigenvalue weighted by atomic mass is 10.1. The van der Waals surface area contributed by atoms with Gasteiger partial charge in [-0.1, -0.05) is 6.07 Å². The van der Waals surface area contributed by atoms with E-state index in [1.54, 1.807) is 24.3 Å². The molecule has 2 aromatic rings. The number of rotatable bonds is 4. The number of morpholine rings is 1. The lowest BCUT2D eigenvalue weighted by Crippen LogP contribution is -2.54. The predicted molar refractivity (Wildman–Crippen MR) is 87.6 cm³/mol. The zero-order chi connectivity index (χ0) is 17.2. The minimum absolute atomic E-state index is 0.0128. The molecule has 132 valence electrons. The molecule has 4 rings (SSSR count). The molecule has 8 nitrogen and oxygen atoms in total. The highest BCUT2D eigenvalue weighted by atomic mass is 16.5. The van der Waals surface area contributed by atoms with Gasteiger partial charge in [-0.25, -0.2) is 4.98 Å². The smallest absolute Gasteiger partial charge is 0.293 e. The zero-order valence-electron chi connectivity index (χ0n) is 14.1. The van der Waals surface area contributed by atoms with Gasteiger partial charge in [0.05, 0.1) is 31.1 Å². The van der Waals surface area contributed by atoms with Gasteiger partial charge in [0, 0.05) is 19.8 Å². The summed E-state index contributed by atoms with van der Waals surface area (Å²) < 4.78 is 13.5. The van der Waals surface area contributed by atoms with Gasteiger partial charge in [0.1, 0.15) is 12.4 Å². The average molecular weight is 343 g/mol. The van der Waals surface area contributed by atoms with Crippen molar-refractivity contribution in [2.24, 2.45) is 7.05 Å². The van der Waals surface area contributed by atoms with Gasteiger partial charge in [0.25, 0.3) is 5.91 Å². The van der Waals surface area contributed by atoms with Crippen molar-refractivity contribution in [2.75, 3.05) is 13.2 Å². The molecule has 0 radical (unpaired) electrons. The zero-order valence-corrected chi connectivity index (χ0v) is 14.1. The molecule has 0 N–H and O–H groups in total. The van der Waals surface area contributed by atoms with E-state index in [-0.39, 0.29) is 30.0 Å². The van der Waals surface area contributed by atoms with Gasteiger partial charge in [-0.15, -0.1) is 5.10 Å². The Kier molecular flexibility index (Phi) is 4.46. The molecule has 3 heterocycles. The maximum absolute atomic E-state index is 12.7. The molecule has 0 bridgehead atoms. The molecular formula is C17H21N5O3. The standard InChI is InChI=1S/C17H21N5O3/c1-21-11-19-16(20-21)17(23)22-8-9-24-15-13(22)5-6-14(15)25-10-12-4-2-3-7-18-12/h2-4,7,11,13-15H,5-6,8-10H2,1H3/t13-,14-,15+/m0/s1. The van der Waals surface area contributed by atoms with E-state index < -0.39 is 0 Å². The van der Waals surface area contributed by atoms with Crippen molar-refractivity contribution >= 4 is 5.91 Å². The topological polar surface area (TPSA) is 82.4 Å². The fourth-order valence-electron chi connectivity index (χ4n) is 3.59. The van der Waals surface area contributed by atoms with Crippen LogP contribution in [-0.4, -0.2) is 62.0 Å². The Bertz CT molecular complexity index is 735. The molecule has 1 aliphatic carbocycles. The average Bonchev–Trinajstić information content (AvgIpc) is 3.26. The number of amides is 1. The number of nitrogens with zero attached hydrogens (tertiary/aromatic N) is 5. The summed E-state index contributed by atoms with van der Waals surface area (Å²) in [5.74, 6) is 0.102. The summed E-state index contributed by atoms with van der Waals surface area (Å²) in [6.45, 7) is 1.52. The number of fused-ring (bicyclic) bond motifs is 1. The van der Waals surface area contributed by atoms with Crippen LogP contribution in [0, 0.1) is 0 Å². The normalized spacial score (nSPS) is 25.8. The second-order valence-electron chi connectivity index (χ2n) is 6.39. The third-order valence-corrected chi connectivity index (χ3v) is 4.76.